The molecule has 2 aromatic carbocycles. The van der Waals surface area contributed by atoms with E-state index in [1.165, 1.54) is 6.07 Å². The molecule has 0 bridgehead atoms. The van der Waals surface area contributed by atoms with Gasteiger partial charge in [-0.1, -0.05) is 18.2 Å². The number of ether oxygens (including phenoxy) is 2. The third-order valence-electron chi connectivity index (χ3n) is 2.45. The second kappa shape index (κ2) is 5.74. The zero-order valence-corrected chi connectivity index (χ0v) is 10.6. The van der Waals surface area contributed by atoms with Gasteiger partial charge in [0.25, 0.3) is 0 Å². The Morgan fingerprint density at radius 3 is 2.56 bits per heavy atom. The van der Waals surface area contributed by atoms with Gasteiger partial charge in [-0.3, -0.25) is 0 Å². The van der Waals surface area contributed by atoms with E-state index in [9.17, 15) is 4.39 Å². The first kappa shape index (κ1) is 12.7. The van der Waals surface area contributed by atoms with Gasteiger partial charge in [-0.15, -0.1) is 11.6 Å². The highest BCUT2D eigenvalue weighted by molar-refractivity contribution is 6.17. The Kier molecular flexibility index (Phi) is 4.05. The van der Waals surface area contributed by atoms with Gasteiger partial charge in [-0.05, 0) is 18.2 Å². The van der Waals surface area contributed by atoms with Crippen LogP contribution in [0.1, 0.15) is 5.56 Å². The van der Waals surface area contributed by atoms with Crippen molar-refractivity contribution in [1.82, 2.24) is 0 Å². The second-order valence-electron chi connectivity index (χ2n) is 3.64. The van der Waals surface area contributed by atoms with Crippen LogP contribution in [0.5, 0.6) is 17.2 Å². The highest BCUT2D eigenvalue weighted by atomic mass is 35.5. The summed E-state index contributed by atoms with van der Waals surface area (Å²) in [6.07, 6.45) is 0. The standard InChI is InChI=1S/C14H12ClFO2/c1-17-11-5-3-6-12(8-11)18-14-10(9-15)4-2-7-13(14)16/h2-8H,9H2,1H3. The molecule has 0 saturated heterocycles. The summed E-state index contributed by atoms with van der Waals surface area (Å²) in [4.78, 5) is 0. The molecule has 94 valence electrons. The van der Waals surface area contributed by atoms with Gasteiger partial charge in [0.2, 0.25) is 0 Å². The van der Waals surface area contributed by atoms with Gasteiger partial charge in [0.05, 0.1) is 13.0 Å². The van der Waals surface area contributed by atoms with Crippen molar-refractivity contribution in [3.63, 3.8) is 0 Å². The van der Waals surface area contributed by atoms with Gasteiger partial charge >= 0.3 is 0 Å². The van der Waals surface area contributed by atoms with Crippen molar-refractivity contribution in [2.75, 3.05) is 7.11 Å². The molecule has 0 unspecified atom stereocenters. The van der Waals surface area contributed by atoms with E-state index >= 15 is 0 Å². The molecule has 0 radical (unpaired) electrons. The van der Waals surface area contributed by atoms with E-state index in [1.807, 2.05) is 0 Å². The molecule has 0 aromatic heterocycles. The van der Waals surface area contributed by atoms with Crippen LogP contribution in [0.15, 0.2) is 42.5 Å². The number of benzene rings is 2. The molecule has 0 atom stereocenters. The molecule has 0 N–H and O–H groups in total. The maximum atomic E-state index is 13.7. The summed E-state index contributed by atoms with van der Waals surface area (Å²) < 4.78 is 24.3. The molecule has 18 heavy (non-hydrogen) atoms. The summed E-state index contributed by atoms with van der Waals surface area (Å²) in [5.74, 6) is 1.07. The molecule has 2 nitrogen and oxygen atoms in total. The number of hydrogen-bond acceptors (Lipinski definition) is 2. The predicted molar refractivity (Wildman–Crippen MR) is 69.0 cm³/mol. The fourth-order valence-electron chi connectivity index (χ4n) is 1.56. The Bertz CT molecular complexity index is 543. The fraction of sp³-hybridized carbons (Fsp3) is 0.143. The summed E-state index contributed by atoms with van der Waals surface area (Å²) in [5, 5.41) is 0. The van der Waals surface area contributed by atoms with Crippen LogP contribution in [-0.4, -0.2) is 7.11 Å². The van der Waals surface area contributed by atoms with Crippen molar-refractivity contribution in [2.45, 2.75) is 5.88 Å². The first-order valence-corrected chi connectivity index (χ1v) is 5.93. The van der Waals surface area contributed by atoms with E-state index in [1.54, 1.807) is 43.5 Å². The largest absolute Gasteiger partial charge is 0.497 e. The molecular weight excluding hydrogens is 255 g/mol. The van der Waals surface area contributed by atoms with E-state index in [2.05, 4.69) is 0 Å². The number of para-hydroxylation sites is 1. The topological polar surface area (TPSA) is 18.5 Å². The average Bonchev–Trinajstić information content (AvgIpc) is 2.41. The van der Waals surface area contributed by atoms with E-state index in [0.717, 1.165) is 0 Å². The summed E-state index contributed by atoms with van der Waals surface area (Å²) in [6, 6.07) is 11.6. The van der Waals surface area contributed by atoms with Crippen LogP contribution in [0.3, 0.4) is 0 Å². The molecule has 2 aromatic rings. The van der Waals surface area contributed by atoms with Crippen LogP contribution in [0.2, 0.25) is 0 Å². The summed E-state index contributed by atoms with van der Waals surface area (Å²) in [5.41, 5.74) is 0.611. The number of halogens is 2. The molecule has 2 rings (SSSR count). The lowest BCUT2D eigenvalue weighted by atomic mass is 10.2. The Labute approximate surface area is 110 Å². The molecular formula is C14H12ClFO2. The highest BCUT2D eigenvalue weighted by Crippen LogP contribution is 2.31. The molecule has 0 saturated carbocycles. The Morgan fingerprint density at radius 2 is 1.83 bits per heavy atom. The molecule has 0 aliphatic heterocycles. The highest BCUT2D eigenvalue weighted by Gasteiger charge is 2.10. The normalized spacial score (nSPS) is 10.2. The minimum absolute atomic E-state index is 0.153. The van der Waals surface area contributed by atoms with Crippen molar-refractivity contribution < 1.29 is 13.9 Å². The monoisotopic (exact) mass is 266 g/mol. The van der Waals surface area contributed by atoms with Crippen molar-refractivity contribution in [2.24, 2.45) is 0 Å². The van der Waals surface area contributed by atoms with Crippen LogP contribution in [0.4, 0.5) is 4.39 Å². The Morgan fingerprint density at radius 1 is 1.11 bits per heavy atom. The molecule has 0 amide bonds. The zero-order chi connectivity index (χ0) is 13.0. The molecule has 4 heteroatoms. The van der Waals surface area contributed by atoms with E-state index in [4.69, 9.17) is 21.1 Å². The first-order chi connectivity index (χ1) is 8.74. The maximum Gasteiger partial charge on any atom is 0.167 e. The third kappa shape index (κ3) is 2.74. The molecule has 0 aliphatic carbocycles. The van der Waals surface area contributed by atoms with Gasteiger partial charge < -0.3 is 9.47 Å². The number of rotatable bonds is 4. The predicted octanol–water partition coefficient (Wildman–Crippen LogP) is 4.37. The number of hydrogen-bond donors (Lipinski definition) is 0. The summed E-state index contributed by atoms with van der Waals surface area (Å²) >= 11 is 5.76. The second-order valence-corrected chi connectivity index (χ2v) is 3.91. The quantitative estimate of drug-likeness (QED) is 0.765. The van der Waals surface area contributed by atoms with Crippen LogP contribution >= 0.6 is 11.6 Å². The molecule has 0 fully saturated rings. The molecule has 0 aliphatic rings. The minimum Gasteiger partial charge on any atom is -0.497 e. The van der Waals surface area contributed by atoms with Crippen LogP contribution < -0.4 is 9.47 Å². The lowest BCUT2D eigenvalue weighted by molar-refractivity contribution is 0.404. The minimum atomic E-state index is -0.434. The van der Waals surface area contributed by atoms with Crippen LogP contribution in [0, 0.1) is 5.82 Å². The van der Waals surface area contributed by atoms with Crippen molar-refractivity contribution in [3.05, 3.63) is 53.8 Å². The number of alkyl halides is 1. The van der Waals surface area contributed by atoms with Gasteiger partial charge in [0.1, 0.15) is 11.5 Å². The van der Waals surface area contributed by atoms with Gasteiger partial charge in [-0.25, -0.2) is 4.39 Å². The Hall–Kier alpha value is -1.74. The third-order valence-corrected chi connectivity index (χ3v) is 2.74. The molecule has 0 heterocycles. The summed E-state index contributed by atoms with van der Waals surface area (Å²) in [6.45, 7) is 0. The van der Waals surface area contributed by atoms with Crippen molar-refractivity contribution in [3.8, 4) is 17.2 Å². The van der Waals surface area contributed by atoms with Gasteiger partial charge in [0.15, 0.2) is 11.6 Å². The van der Waals surface area contributed by atoms with Crippen molar-refractivity contribution >= 4 is 11.6 Å². The van der Waals surface area contributed by atoms with E-state index < -0.39 is 5.82 Å². The van der Waals surface area contributed by atoms with E-state index in [-0.39, 0.29) is 11.6 Å². The van der Waals surface area contributed by atoms with Crippen molar-refractivity contribution in [1.29, 1.82) is 0 Å². The number of methoxy groups -OCH3 is 1. The fourth-order valence-corrected chi connectivity index (χ4v) is 1.77. The molecule has 0 spiro atoms. The smallest absolute Gasteiger partial charge is 0.167 e. The van der Waals surface area contributed by atoms with Gasteiger partial charge in [0, 0.05) is 11.6 Å². The summed E-state index contributed by atoms with van der Waals surface area (Å²) in [7, 11) is 1.56. The maximum absolute atomic E-state index is 13.7. The van der Waals surface area contributed by atoms with Crippen LogP contribution in [-0.2, 0) is 5.88 Å². The van der Waals surface area contributed by atoms with E-state index in [0.29, 0.717) is 17.1 Å². The lowest BCUT2D eigenvalue weighted by Crippen LogP contribution is -1.93. The zero-order valence-electron chi connectivity index (χ0n) is 9.82. The lowest BCUT2D eigenvalue weighted by Gasteiger charge is -2.11. The SMILES string of the molecule is COc1cccc(Oc2c(F)cccc2CCl)c1. The van der Waals surface area contributed by atoms with Gasteiger partial charge in [-0.2, -0.15) is 0 Å². The Balaban J connectivity index is 2.33. The first-order valence-electron chi connectivity index (χ1n) is 5.40. The average molecular weight is 267 g/mol. The van der Waals surface area contributed by atoms with Crippen LogP contribution in [0.25, 0.3) is 0 Å².